The zero-order valence-corrected chi connectivity index (χ0v) is 14.3. The lowest BCUT2D eigenvalue weighted by atomic mass is 9.84. The fourth-order valence-corrected chi connectivity index (χ4v) is 3.50. The summed E-state index contributed by atoms with van der Waals surface area (Å²) in [6.45, 7) is 5.25. The van der Waals surface area contributed by atoms with E-state index in [4.69, 9.17) is 9.47 Å². The van der Waals surface area contributed by atoms with E-state index >= 15 is 0 Å². The first kappa shape index (κ1) is 17.0. The molecular weight excluding hydrogens is 306 g/mol. The molecule has 0 spiro atoms. The third-order valence-corrected chi connectivity index (χ3v) is 5.31. The van der Waals surface area contributed by atoms with Crippen LogP contribution >= 0.6 is 0 Å². The van der Waals surface area contributed by atoms with Crippen LogP contribution in [0.5, 0.6) is 0 Å². The van der Waals surface area contributed by atoms with E-state index in [-0.39, 0.29) is 31.1 Å². The molecule has 2 saturated heterocycles. The van der Waals surface area contributed by atoms with Gasteiger partial charge in [0.05, 0.1) is 18.6 Å². The van der Waals surface area contributed by atoms with Gasteiger partial charge in [-0.2, -0.15) is 0 Å². The Labute approximate surface area is 142 Å². The molecular formula is C19H25NO4. The summed E-state index contributed by atoms with van der Waals surface area (Å²) < 4.78 is 10.9. The molecule has 5 nitrogen and oxygen atoms in total. The van der Waals surface area contributed by atoms with Crippen LogP contribution < -0.4 is 0 Å². The Hall–Kier alpha value is -1.88. The highest BCUT2D eigenvalue weighted by molar-refractivity contribution is 5.93. The Balaban J connectivity index is 1.66. The van der Waals surface area contributed by atoms with Gasteiger partial charge in [-0.1, -0.05) is 44.2 Å². The second-order valence-corrected chi connectivity index (χ2v) is 6.92. The topological polar surface area (TPSA) is 55.8 Å². The highest BCUT2D eigenvalue weighted by atomic mass is 16.6. The van der Waals surface area contributed by atoms with Crippen molar-refractivity contribution in [1.82, 2.24) is 4.90 Å². The van der Waals surface area contributed by atoms with Crippen molar-refractivity contribution in [2.75, 3.05) is 13.2 Å². The van der Waals surface area contributed by atoms with E-state index in [1.165, 1.54) is 4.90 Å². The van der Waals surface area contributed by atoms with Gasteiger partial charge >= 0.3 is 6.09 Å². The third kappa shape index (κ3) is 3.61. The van der Waals surface area contributed by atoms with E-state index in [0.29, 0.717) is 24.9 Å². The molecule has 0 bridgehead atoms. The number of amides is 2. The van der Waals surface area contributed by atoms with Crippen LogP contribution in [0.4, 0.5) is 4.79 Å². The summed E-state index contributed by atoms with van der Waals surface area (Å²) in [6.07, 6.45) is 1.24. The Morgan fingerprint density at radius 2 is 2.00 bits per heavy atom. The lowest BCUT2D eigenvalue weighted by molar-refractivity contribution is -0.135. The van der Waals surface area contributed by atoms with Crippen molar-refractivity contribution in [1.29, 1.82) is 0 Å². The van der Waals surface area contributed by atoms with Gasteiger partial charge in [-0.25, -0.2) is 9.69 Å². The lowest BCUT2D eigenvalue weighted by Crippen LogP contribution is -2.44. The smallest absolute Gasteiger partial charge is 0.416 e. The Morgan fingerprint density at radius 1 is 1.25 bits per heavy atom. The molecule has 4 atom stereocenters. The van der Waals surface area contributed by atoms with Crippen molar-refractivity contribution >= 4 is 12.0 Å². The molecule has 1 aromatic carbocycles. The number of carbonyl (C=O) groups excluding carboxylic acids is 2. The van der Waals surface area contributed by atoms with E-state index in [2.05, 4.69) is 13.8 Å². The van der Waals surface area contributed by atoms with Crippen LogP contribution in [0.15, 0.2) is 30.3 Å². The number of hydrogen-bond acceptors (Lipinski definition) is 4. The summed E-state index contributed by atoms with van der Waals surface area (Å²) >= 11 is 0. The largest absolute Gasteiger partial charge is 0.447 e. The molecule has 2 aliphatic rings. The van der Waals surface area contributed by atoms with Gasteiger partial charge in [-0.3, -0.25) is 4.79 Å². The SMILES string of the molecule is C[C@H]1[C@H](C)CCO[C@H]1CC(=O)N1C(=O)OC[C@@H]1Cc1ccccc1. The van der Waals surface area contributed by atoms with Crippen molar-refractivity contribution in [2.45, 2.75) is 45.3 Å². The highest BCUT2D eigenvalue weighted by Gasteiger charge is 2.40. The first-order valence-corrected chi connectivity index (χ1v) is 8.70. The summed E-state index contributed by atoms with van der Waals surface area (Å²) in [5.74, 6) is 0.653. The van der Waals surface area contributed by atoms with Crippen LogP contribution in [-0.2, 0) is 20.7 Å². The molecule has 0 aromatic heterocycles. The third-order valence-electron chi connectivity index (χ3n) is 5.31. The average molecular weight is 331 g/mol. The number of nitrogens with zero attached hydrogens (tertiary/aromatic N) is 1. The van der Waals surface area contributed by atoms with Gasteiger partial charge in [-0.15, -0.1) is 0 Å². The highest BCUT2D eigenvalue weighted by Crippen LogP contribution is 2.29. The van der Waals surface area contributed by atoms with Crippen molar-refractivity contribution in [3.63, 3.8) is 0 Å². The van der Waals surface area contributed by atoms with Gasteiger partial charge in [0.1, 0.15) is 6.61 Å². The first-order chi connectivity index (χ1) is 11.6. The maximum absolute atomic E-state index is 12.7. The maximum atomic E-state index is 12.7. The number of hydrogen-bond donors (Lipinski definition) is 0. The van der Waals surface area contributed by atoms with Gasteiger partial charge in [0.25, 0.3) is 0 Å². The first-order valence-electron chi connectivity index (χ1n) is 8.70. The van der Waals surface area contributed by atoms with E-state index in [9.17, 15) is 9.59 Å². The zero-order valence-electron chi connectivity index (χ0n) is 14.3. The van der Waals surface area contributed by atoms with E-state index in [1.807, 2.05) is 30.3 Å². The van der Waals surface area contributed by atoms with Gasteiger partial charge in [0, 0.05) is 6.61 Å². The van der Waals surface area contributed by atoms with Gasteiger partial charge < -0.3 is 9.47 Å². The Morgan fingerprint density at radius 3 is 2.75 bits per heavy atom. The van der Waals surface area contributed by atoms with Crippen LogP contribution in [0.2, 0.25) is 0 Å². The van der Waals surface area contributed by atoms with Crippen LogP contribution in [0.25, 0.3) is 0 Å². The second-order valence-electron chi connectivity index (χ2n) is 6.92. The fraction of sp³-hybridized carbons (Fsp3) is 0.579. The molecule has 5 heteroatoms. The number of ether oxygens (including phenoxy) is 2. The molecule has 0 aliphatic carbocycles. The predicted octanol–water partition coefficient (Wildman–Crippen LogP) is 3.03. The summed E-state index contributed by atoms with van der Waals surface area (Å²) in [5.41, 5.74) is 1.09. The molecule has 1 aromatic rings. The normalized spacial score (nSPS) is 30.2. The minimum Gasteiger partial charge on any atom is -0.447 e. The van der Waals surface area contributed by atoms with Crippen LogP contribution in [0, 0.1) is 11.8 Å². The van der Waals surface area contributed by atoms with Gasteiger partial charge in [-0.05, 0) is 30.2 Å². The average Bonchev–Trinajstić information content (AvgIpc) is 2.93. The monoisotopic (exact) mass is 331 g/mol. The number of cyclic esters (lactones) is 1. The standard InChI is InChI=1S/C19H25NO4/c1-13-8-9-23-17(14(13)2)11-18(21)20-16(12-24-19(20)22)10-15-6-4-3-5-7-15/h3-7,13-14,16-17H,8-12H2,1-2H3/t13-,14+,16+,17+/m1/s1. The molecule has 24 heavy (non-hydrogen) atoms. The summed E-state index contributed by atoms with van der Waals surface area (Å²) in [7, 11) is 0. The van der Waals surface area contributed by atoms with Crippen molar-refractivity contribution in [3.8, 4) is 0 Å². The molecule has 0 saturated carbocycles. The lowest BCUT2D eigenvalue weighted by Gasteiger charge is -2.34. The molecule has 2 amide bonds. The van der Waals surface area contributed by atoms with Gasteiger partial charge in [0.2, 0.25) is 5.91 Å². The van der Waals surface area contributed by atoms with Crippen molar-refractivity contribution < 1.29 is 19.1 Å². The fourth-order valence-electron chi connectivity index (χ4n) is 3.50. The molecule has 2 fully saturated rings. The van der Waals surface area contributed by atoms with Crippen molar-refractivity contribution in [3.05, 3.63) is 35.9 Å². The van der Waals surface area contributed by atoms with Crippen molar-refractivity contribution in [2.24, 2.45) is 11.8 Å². The number of carbonyl (C=O) groups is 2. The molecule has 0 radical (unpaired) electrons. The molecule has 3 rings (SSSR count). The minimum absolute atomic E-state index is 0.118. The zero-order chi connectivity index (χ0) is 17.1. The number of rotatable bonds is 4. The van der Waals surface area contributed by atoms with E-state index in [0.717, 1.165) is 12.0 Å². The quantitative estimate of drug-likeness (QED) is 0.851. The van der Waals surface area contributed by atoms with Crippen LogP contribution in [-0.4, -0.2) is 42.3 Å². The summed E-state index contributed by atoms with van der Waals surface area (Å²) in [6, 6.07) is 9.63. The molecule has 130 valence electrons. The van der Waals surface area contributed by atoms with E-state index < -0.39 is 6.09 Å². The summed E-state index contributed by atoms with van der Waals surface area (Å²) in [4.78, 5) is 26.1. The van der Waals surface area contributed by atoms with E-state index in [1.54, 1.807) is 0 Å². The van der Waals surface area contributed by atoms with Crippen LogP contribution in [0.3, 0.4) is 0 Å². The Bertz CT molecular complexity index is 588. The van der Waals surface area contributed by atoms with Crippen LogP contribution in [0.1, 0.15) is 32.3 Å². The molecule has 0 N–H and O–H groups in total. The molecule has 2 aliphatic heterocycles. The minimum atomic E-state index is -0.530. The summed E-state index contributed by atoms with van der Waals surface area (Å²) in [5, 5.41) is 0. The van der Waals surface area contributed by atoms with Gasteiger partial charge in [0.15, 0.2) is 0 Å². The second kappa shape index (κ2) is 7.34. The number of imide groups is 1. The molecule has 2 heterocycles. The maximum Gasteiger partial charge on any atom is 0.416 e. The molecule has 0 unspecified atom stereocenters. The predicted molar refractivity (Wildman–Crippen MR) is 89.4 cm³/mol. The number of benzene rings is 1. The Kier molecular flexibility index (Phi) is 5.19.